The predicted molar refractivity (Wildman–Crippen MR) is 96.5 cm³/mol. The third kappa shape index (κ3) is 4.08. The van der Waals surface area contributed by atoms with Crippen LogP contribution in [0.4, 0.5) is 24.7 Å². The minimum Gasteiger partial charge on any atom is -0.368 e. The van der Waals surface area contributed by atoms with E-state index in [9.17, 15) is 13.2 Å². The zero-order chi connectivity index (χ0) is 18.7. The third-order valence-electron chi connectivity index (χ3n) is 4.70. The quantitative estimate of drug-likeness (QED) is 0.810. The van der Waals surface area contributed by atoms with Gasteiger partial charge < -0.3 is 9.80 Å². The van der Waals surface area contributed by atoms with Crippen LogP contribution < -0.4 is 9.80 Å². The molecule has 2 heterocycles. The molecule has 1 fully saturated rings. The van der Waals surface area contributed by atoms with Gasteiger partial charge in [0, 0.05) is 37.6 Å². The van der Waals surface area contributed by atoms with Crippen LogP contribution in [0.15, 0.2) is 36.5 Å². The molecular weight excluding hydrogens is 341 g/mol. The van der Waals surface area contributed by atoms with E-state index in [4.69, 9.17) is 0 Å². The monoisotopic (exact) mass is 364 g/mol. The fourth-order valence-corrected chi connectivity index (χ4v) is 3.45. The summed E-state index contributed by atoms with van der Waals surface area (Å²) >= 11 is 0. The Labute approximate surface area is 151 Å². The van der Waals surface area contributed by atoms with Crippen molar-refractivity contribution in [1.29, 1.82) is 0 Å². The van der Waals surface area contributed by atoms with E-state index in [1.165, 1.54) is 12.1 Å². The van der Waals surface area contributed by atoms with Crippen LogP contribution in [-0.2, 0) is 6.18 Å². The minimum atomic E-state index is -4.32. The number of aromatic nitrogens is 2. The van der Waals surface area contributed by atoms with Gasteiger partial charge in [0.05, 0.1) is 5.56 Å². The van der Waals surface area contributed by atoms with Crippen molar-refractivity contribution in [2.24, 2.45) is 0 Å². The molecule has 7 heteroatoms. The topological polar surface area (TPSA) is 32.3 Å². The molecule has 2 aromatic rings. The normalized spacial score (nSPS) is 18.3. The molecule has 1 unspecified atom stereocenters. The summed E-state index contributed by atoms with van der Waals surface area (Å²) in [5.74, 6) is 1.61. The molecule has 140 valence electrons. The van der Waals surface area contributed by atoms with Gasteiger partial charge in [-0.1, -0.05) is 19.4 Å². The van der Waals surface area contributed by atoms with E-state index in [-0.39, 0.29) is 6.04 Å². The minimum absolute atomic E-state index is 0.206. The zero-order valence-corrected chi connectivity index (χ0v) is 15.0. The fourth-order valence-electron chi connectivity index (χ4n) is 3.45. The standard InChI is InChI=1S/C19H23F3N4/c1-3-5-17-13-25(16-7-4-6-15(12-16)19(20,21)22)10-11-26(17)18-8-9-23-14(2)24-18/h4,6-9,12,17H,3,5,10-11,13H2,1-2H3. The van der Waals surface area contributed by atoms with E-state index in [0.29, 0.717) is 18.8 Å². The Morgan fingerprint density at radius 2 is 2.00 bits per heavy atom. The van der Waals surface area contributed by atoms with Crippen molar-refractivity contribution < 1.29 is 13.2 Å². The maximum atomic E-state index is 13.0. The first-order chi connectivity index (χ1) is 12.4. The Bertz CT molecular complexity index is 748. The summed E-state index contributed by atoms with van der Waals surface area (Å²) in [7, 11) is 0. The van der Waals surface area contributed by atoms with Crippen molar-refractivity contribution in [3.63, 3.8) is 0 Å². The first kappa shape index (κ1) is 18.5. The Morgan fingerprint density at radius 3 is 2.69 bits per heavy atom. The van der Waals surface area contributed by atoms with Gasteiger partial charge in [-0.3, -0.25) is 0 Å². The maximum absolute atomic E-state index is 13.0. The van der Waals surface area contributed by atoms with Gasteiger partial charge in [-0.05, 0) is 37.6 Å². The van der Waals surface area contributed by atoms with Crippen molar-refractivity contribution >= 4 is 11.5 Å². The molecular formula is C19H23F3N4. The van der Waals surface area contributed by atoms with Crippen LogP contribution in [-0.4, -0.2) is 35.6 Å². The van der Waals surface area contributed by atoms with E-state index in [1.807, 2.05) is 17.9 Å². The lowest BCUT2D eigenvalue weighted by Crippen LogP contribution is -2.53. The number of hydrogen-bond donors (Lipinski definition) is 0. The molecule has 0 aliphatic carbocycles. The first-order valence-corrected chi connectivity index (χ1v) is 8.87. The molecule has 1 aromatic heterocycles. The lowest BCUT2D eigenvalue weighted by molar-refractivity contribution is -0.137. The molecule has 0 radical (unpaired) electrons. The molecule has 1 aliphatic heterocycles. The van der Waals surface area contributed by atoms with Crippen LogP contribution in [0.3, 0.4) is 0 Å². The predicted octanol–water partition coefficient (Wildman–Crippen LogP) is 4.30. The largest absolute Gasteiger partial charge is 0.416 e. The molecule has 26 heavy (non-hydrogen) atoms. The summed E-state index contributed by atoms with van der Waals surface area (Å²) in [5, 5.41) is 0. The van der Waals surface area contributed by atoms with E-state index in [1.54, 1.807) is 12.3 Å². The van der Waals surface area contributed by atoms with Crippen molar-refractivity contribution in [2.75, 3.05) is 29.4 Å². The van der Waals surface area contributed by atoms with Crippen LogP contribution >= 0.6 is 0 Å². The fraction of sp³-hybridized carbons (Fsp3) is 0.474. The average molecular weight is 364 g/mol. The summed E-state index contributed by atoms with van der Waals surface area (Å²) in [4.78, 5) is 13.0. The summed E-state index contributed by atoms with van der Waals surface area (Å²) in [6.45, 7) is 6.03. The van der Waals surface area contributed by atoms with Crippen molar-refractivity contribution in [2.45, 2.75) is 38.9 Å². The Kier molecular flexibility index (Phi) is 5.34. The van der Waals surface area contributed by atoms with Gasteiger partial charge in [0.1, 0.15) is 11.6 Å². The summed E-state index contributed by atoms with van der Waals surface area (Å²) in [6, 6.07) is 7.70. The van der Waals surface area contributed by atoms with Crippen LogP contribution in [0.5, 0.6) is 0 Å². The SMILES string of the molecule is CCCC1CN(c2cccc(C(F)(F)F)c2)CCN1c1ccnc(C)n1. The second-order valence-corrected chi connectivity index (χ2v) is 6.59. The summed E-state index contributed by atoms with van der Waals surface area (Å²) in [5.41, 5.74) is 0.0235. The lowest BCUT2D eigenvalue weighted by atomic mass is 10.1. The van der Waals surface area contributed by atoms with Crippen molar-refractivity contribution in [3.8, 4) is 0 Å². The lowest BCUT2D eigenvalue weighted by Gasteiger charge is -2.43. The van der Waals surface area contributed by atoms with Gasteiger partial charge in [0.25, 0.3) is 0 Å². The summed E-state index contributed by atoms with van der Waals surface area (Å²) < 4.78 is 39.0. The van der Waals surface area contributed by atoms with E-state index < -0.39 is 11.7 Å². The van der Waals surface area contributed by atoms with Crippen LogP contribution in [0.25, 0.3) is 0 Å². The zero-order valence-electron chi connectivity index (χ0n) is 15.0. The first-order valence-electron chi connectivity index (χ1n) is 8.87. The molecule has 0 bridgehead atoms. The molecule has 0 N–H and O–H groups in total. The second kappa shape index (κ2) is 7.51. The molecule has 1 aliphatic rings. The van der Waals surface area contributed by atoms with Crippen molar-refractivity contribution in [3.05, 3.63) is 47.9 Å². The molecule has 1 aromatic carbocycles. The van der Waals surface area contributed by atoms with Crippen LogP contribution in [0, 0.1) is 6.92 Å². The number of anilines is 2. The highest BCUT2D eigenvalue weighted by atomic mass is 19.4. The molecule has 0 saturated carbocycles. The highest BCUT2D eigenvalue weighted by molar-refractivity contribution is 5.52. The molecule has 1 atom stereocenters. The Hall–Kier alpha value is -2.31. The second-order valence-electron chi connectivity index (χ2n) is 6.59. The molecule has 3 rings (SSSR count). The number of alkyl halides is 3. The Morgan fingerprint density at radius 1 is 1.19 bits per heavy atom. The van der Waals surface area contributed by atoms with Crippen LogP contribution in [0.1, 0.15) is 31.2 Å². The smallest absolute Gasteiger partial charge is 0.368 e. The number of benzene rings is 1. The highest BCUT2D eigenvalue weighted by Gasteiger charge is 2.32. The van der Waals surface area contributed by atoms with E-state index in [2.05, 4.69) is 21.8 Å². The number of aryl methyl sites for hydroxylation is 1. The van der Waals surface area contributed by atoms with Crippen molar-refractivity contribution in [1.82, 2.24) is 9.97 Å². The van der Waals surface area contributed by atoms with E-state index >= 15 is 0 Å². The maximum Gasteiger partial charge on any atom is 0.416 e. The number of nitrogens with zero attached hydrogens (tertiary/aromatic N) is 4. The highest BCUT2D eigenvalue weighted by Crippen LogP contribution is 2.32. The summed E-state index contributed by atoms with van der Waals surface area (Å²) in [6.07, 6.45) is -0.612. The molecule has 0 spiro atoms. The van der Waals surface area contributed by atoms with Gasteiger partial charge in [0.15, 0.2) is 0 Å². The average Bonchev–Trinajstić information content (AvgIpc) is 2.61. The molecule has 0 amide bonds. The number of rotatable bonds is 4. The van der Waals surface area contributed by atoms with E-state index in [0.717, 1.165) is 37.1 Å². The molecule has 4 nitrogen and oxygen atoms in total. The number of piperazine rings is 1. The van der Waals surface area contributed by atoms with Gasteiger partial charge in [-0.25, -0.2) is 9.97 Å². The van der Waals surface area contributed by atoms with Gasteiger partial charge in [-0.2, -0.15) is 13.2 Å². The van der Waals surface area contributed by atoms with Gasteiger partial charge in [-0.15, -0.1) is 0 Å². The van der Waals surface area contributed by atoms with Gasteiger partial charge in [0.2, 0.25) is 0 Å². The van der Waals surface area contributed by atoms with Gasteiger partial charge >= 0.3 is 6.18 Å². The number of hydrogen-bond acceptors (Lipinski definition) is 4. The molecule has 1 saturated heterocycles. The Balaban J connectivity index is 1.82. The third-order valence-corrected chi connectivity index (χ3v) is 4.70. The van der Waals surface area contributed by atoms with Crippen LogP contribution in [0.2, 0.25) is 0 Å². The number of halogens is 3.